The van der Waals surface area contributed by atoms with E-state index in [-0.39, 0.29) is 48.7 Å². The molecule has 0 aromatic carbocycles. The SMILES string of the molecule is Cc1cnc2nc(C3CCOC(c4ccc(=O)n(C)c4)C3)nc([C@H]3CC4(C(F)(F)F)CC3C4)c2n1. The van der Waals surface area contributed by atoms with Gasteiger partial charge in [-0.25, -0.2) is 19.9 Å². The zero-order valence-electron chi connectivity index (χ0n) is 19.5. The van der Waals surface area contributed by atoms with Crippen LogP contribution in [0.4, 0.5) is 13.2 Å². The Kier molecular flexibility index (Phi) is 5.04. The van der Waals surface area contributed by atoms with Crippen LogP contribution in [0.15, 0.2) is 29.3 Å². The van der Waals surface area contributed by atoms with Crippen LogP contribution in [0.1, 0.15) is 72.8 Å². The van der Waals surface area contributed by atoms with Crippen molar-refractivity contribution in [1.29, 1.82) is 0 Å². The van der Waals surface area contributed by atoms with Gasteiger partial charge in [-0.1, -0.05) is 0 Å². The number of alkyl halides is 3. The summed E-state index contributed by atoms with van der Waals surface area (Å²) in [6.45, 7) is 2.31. The minimum absolute atomic E-state index is 0.0368. The number of rotatable bonds is 3. The molecule has 0 amide bonds. The Morgan fingerprint density at radius 2 is 1.94 bits per heavy atom. The van der Waals surface area contributed by atoms with Gasteiger partial charge in [0.15, 0.2) is 5.65 Å². The van der Waals surface area contributed by atoms with Crippen LogP contribution < -0.4 is 5.56 Å². The van der Waals surface area contributed by atoms with E-state index in [1.165, 1.54) is 10.6 Å². The topological polar surface area (TPSA) is 82.8 Å². The van der Waals surface area contributed by atoms with Gasteiger partial charge in [0.25, 0.3) is 0 Å². The minimum atomic E-state index is -4.20. The third kappa shape index (κ3) is 3.64. The summed E-state index contributed by atoms with van der Waals surface area (Å²) in [5, 5.41) is 0. The molecule has 7 nitrogen and oxygen atoms in total. The molecule has 3 atom stereocenters. The molecule has 3 aromatic rings. The number of ether oxygens (including phenoxy) is 1. The number of fused-ring (bicyclic) bond motifs is 2. The molecule has 3 saturated carbocycles. The Hall–Kier alpha value is -2.88. The van der Waals surface area contributed by atoms with Crippen LogP contribution >= 0.6 is 0 Å². The zero-order chi connectivity index (χ0) is 24.5. The van der Waals surface area contributed by atoms with E-state index in [4.69, 9.17) is 14.7 Å². The van der Waals surface area contributed by atoms with E-state index >= 15 is 0 Å². The third-order valence-electron chi connectivity index (χ3n) is 8.14. The Balaban J connectivity index is 1.37. The number of aromatic nitrogens is 5. The highest BCUT2D eigenvalue weighted by Gasteiger charge is 2.69. The van der Waals surface area contributed by atoms with E-state index in [9.17, 15) is 18.0 Å². The highest BCUT2D eigenvalue weighted by molar-refractivity contribution is 5.73. The van der Waals surface area contributed by atoms with E-state index in [2.05, 4.69) is 9.97 Å². The average Bonchev–Trinajstić information content (AvgIpc) is 3.38. The van der Waals surface area contributed by atoms with Crippen molar-refractivity contribution in [3.05, 3.63) is 57.7 Å². The fraction of sp³-hybridized carbons (Fsp3) is 0.560. The summed E-state index contributed by atoms with van der Waals surface area (Å²) in [4.78, 5) is 30.5. The predicted molar refractivity (Wildman–Crippen MR) is 121 cm³/mol. The Bertz CT molecular complexity index is 1370. The fourth-order valence-electron chi connectivity index (χ4n) is 6.19. The molecule has 2 unspecified atom stereocenters. The van der Waals surface area contributed by atoms with Gasteiger partial charge in [0.2, 0.25) is 5.56 Å². The summed E-state index contributed by atoms with van der Waals surface area (Å²) in [7, 11) is 1.70. The molecule has 3 aliphatic carbocycles. The van der Waals surface area contributed by atoms with Crippen LogP contribution in [0, 0.1) is 18.3 Å². The minimum Gasteiger partial charge on any atom is -0.373 e. The van der Waals surface area contributed by atoms with Gasteiger partial charge in [-0.2, -0.15) is 13.2 Å². The van der Waals surface area contributed by atoms with Gasteiger partial charge in [-0.3, -0.25) is 4.79 Å². The molecular weight excluding hydrogens is 459 g/mol. The normalized spacial score (nSPS) is 30.4. The van der Waals surface area contributed by atoms with Gasteiger partial charge in [-0.15, -0.1) is 0 Å². The van der Waals surface area contributed by atoms with Gasteiger partial charge >= 0.3 is 6.18 Å². The van der Waals surface area contributed by atoms with Gasteiger partial charge in [-0.05, 0) is 56.6 Å². The molecule has 3 aromatic heterocycles. The number of aryl methyl sites for hydroxylation is 2. The molecule has 35 heavy (non-hydrogen) atoms. The summed E-state index contributed by atoms with van der Waals surface area (Å²) in [5.41, 5.74) is 1.47. The lowest BCUT2D eigenvalue weighted by Gasteiger charge is -2.39. The lowest BCUT2D eigenvalue weighted by atomic mass is 9.68. The van der Waals surface area contributed by atoms with Crippen LogP contribution in [-0.2, 0) is 11.8 Å². The Morgan fingerprint density at radius 1 is 1.14 bits per heavy atom. The number of nitrogens with zero attached hydrogens (tertiary/aromatic N) is 5. The van der Waals surface area contributed by atoms with E-state index in [0.717, 1.165) is 5.56 Å². The summed E-state index contributed by atoms with van der Waals surface area (Å²) in [5.74, 6) is 0.216. The molecule has 0 N–H and O–H groups in total. The largest absolute Gasteiger partial charge is 0.394 e. The fourth-order valence-corrected chi connectivity index (χ4v) is 6.19. The molecule has 4 aliphatic rings. The van der Waals surface area contributed by atoms with Crippen LogP contribution in [0.2, 0.25) is 0 Å². The first-order chi connectivity index (χ1) is 16.6. The maximum atomic E-state index is 13.8. The van der Waals surface area contributed by atoms with Crippen LogP contribution in [-0.4, -0.2) is 37.3 Å². The summed E-state index contributed by atoms with van der Waals surface area (Å²) in [6.07, 6.45) is 0.674. The van der Waals surface area contributed by atoms with Crippen molar-refractivity contribution in [3.8, 4) is 0 Å². The molecule has 0 spiro atoms. The monoisotopic (exact) mass is 485 g/mol. The van der Waals surface area contributed by atoms with Crippen molar-refractivity contribution in [2.24, 2.45) is 18.4 Å². The van der Waals surface area contributed by atoms with Crippen molar-refractivity contribution in [2.75, 3.05) is 6.61 Å². The number of pyridine rings is 1. The van der Waals surface area contributed by atoms with Crippen molar-refractivity contribution >= 4 is 11.2 Å². The molecule has 10 heteroatoms. The van der Waals surface area contributed by atoms with E-state index < -0.39 is 11.6 Å². The number of halogens is 3. The maximum Gasteiger partial charge on any atom is 0.394 e. The molecular formula is C25H26F3N5O2. The second-order valence-corrected chi connectivity index (χ2v) is 10.4. The van der Waals surface area contributed by atoms with Gasteiger partial charge in [0.05, 0.1) is 29.1 Å². The standard InChI is InChI=1S/C25H26F3N5O2/c1-13-11-29-23-21(30-13)20(17-10-24(25(26,27)28)8-16(17)9-24)31-22(32-23)14-5-6-35-18(7-14)15-3-4-19(34)33(2)12-15/h3-4,11-12,14,16-18H,5-10H2,1-2H3/t14?,16?,17-,18?,24?/m0/s1. The molecule has 4 fully saturated rings. The van der Waals surface area contributed by atoms with Crippen LogP contribution in [0.25, 0.3) is 11.2 Å². The highest BCUT2D eigenvalue weighted by atomic mass is 19.4. The first-order valence-corrected chi connectivity index (χ1v) is 12.0. The van der Waals surface area contributed by atoms with Gasteiger partial charge in [0, 0.05) is 37.8 Å². The quantitative estimate of drug-likeness (QED) is 0.543. The van der Waals surface area contributed by atoms with E-state index in [1.807, 2.05) is 6.92 Å². The lowest BCUT2D eigenvalue weighted by molar-refractivity contribution is -0.244. The van der Waals surface area contributed by atoms with Crippen molar-refractivity contribution < 1.29 is 17.9 Å². The second-order valence-electron chi connectivity index (χ2n) is 10.4. The van der Waals surface area contributed by atoms with Crippen LogP contribution in [0.5, 0.6) is 0 Å². The predicted octanol–water partition coefficient (Wildman–Crippen LogP) is 4.51. The highest BCUT2D eigenvalue weighted by Crippen LogP contribution is 2.70. The number of hydrogen-bond acceptors (Lipinski definition) is 6. The first kappa shape index (κ1) is 22.6. The molecule has 4 heterocycles. The molecule has 7 rings (SSSR count). The number of hydrogen-bond donors (Lipinski definition) is 0. The van der Waals surface area contributed by atoms with Crippen LogP contribution in [0.3, 0.4) is 0 Å². The summed E-state index contributed by atoms with van der Waals surface area (Å²) in [6, 6.07) is 3.30. The second kappa shape index (κ2) is 7.81. The Labute approximate surface area is 199 Å². The van der Waals surface area contributed by atoms with Crippen molar-refractivity contribution in [2.45, 2.75) is 63.1 Å². The molecule has 0 radical (unpaired) electrons. The third-order valence-corrected chi connectivity index (χ3v) is 8.14. The van der Waals surface area contributed by atoms with Crippen molar-refractivity contribution in [1.82, 2.24) is 24.5 Å². The van der Waals surface area contributed by atoms with E-state index in [0.29, 0.717) is 47.8 Å². The molecule has 184 valence electrons. The first-order valence-electron chi connectivity index (χ1n) is 12.0. The zero-order valence-corrected chi connectivity index (χ0v) is 19.5. The summed E-state index contributed by atoms with van der Waals surface area (Å²) >= 11 is 0. The maximum absolute atomic E-state index is 13.8. The van der Waals surface area contributed by atoms with E-state index in [1.54, 1.807) is 25.5 Å². The smallest absolute Gasteiger partial charge is 0.373 e. The van der Waals surface area contributed by atoms with Gasteiger partial charge < -0.3 is 9.30 Å². The molecule has 2 bridgehead atoms. The van der Waals surface area contributed by atoms with Crippen molar-refractivity contribution in [3.63, 3.8) is 0 Å². The average molecular weight is 486 g/mol. The lowest BCUT2D eigenvalue weighted by Crippen LogP contribution is -2.42. The van der Waals surface area contributed by atoms with Gasteiger partial charge in [0.1, 0.15) is 11.3 Å². The summed E-state index contributed by atoms with van der Waals surface area (Å²) < 4.78 is 48.9. The molecule has 1 aliphatic heterocycles. The molecule has 1 saturated heterocycles. The Morgan fingerprint density at radius 3 is 2.66 bits per heavy atom.